The van der Waals surface area contributed by atoms with E-state index in [0.717, 1.165) is 17.8 Å². The van der Waals surface area contributed by atoms with Gasteiger partial charge in [-0.3, -0.25) is 0 Å². The summed E-state index contributed by atoms with van der Waals surface area (Å²) in [5, 5.41) is 0. The number of benzene rings is 1. The normalized spacial score (nSPS) is 16.6. The molecule has 0 fully saturated rings. The van der Waals surface area contributed by atoms with Gasteiger partial charge >= 0.3 is 0 Å². The molecule has 0 nitrogen and oxygen atoms in total. The minimum atomic E-state index is 0.678. The van der Waals surface area contributed by atoms with Gasteiger partial charge in [0.15, 0.2) is 0 Å². The van der Waals surface area contributed by atoms with Crippen LogP contribution in [-0.2, 0) is 0 Å². The molecule has 23 heavy (non-hydrogen) atoms. The molecule has 0 saturated heterocycles. The van der Waals surface area contributed by atoms with E-state index < -0.39 is 0 Å². The third-order valence-corrected chi connectivity index (χ3v) is 5.65. The Morgan fingerprint density at radius 1 is 0.826 bits per heavy atom. The van der Waals surface area contributed by atoms with Crippen molar-refractivity contribution < 1.29 is 0 Å². The zero-order valence-corrected chi connectivity index (χ0v) is 16.1. The Kier molecular flexibility index (Phi) is 9.29. The van der Waals surface area contributed by atoms with Gasteiger partial charge in [-0.25, -0.2) is 0 Å². The third kappa shape index (κ3) is 7.86. The van der Waals surface area contributed by atoms with E-state index in [2.05, 4.69) is 71.5 Å². The first kappa shape index (κ1) is 20.0. The second-order valence-corrected chi connectivity index (χ2v) is 7.89. The van der Waals surface area contributed by atoms with Crippen molar-refractivity contribution in [1.29, 1.82) is 0 Å². The van der Waals surface area contributed by atoms with Crippen molar-refractivity contribution in [2.45, 2.75) is 79.1 Å². The van der Waals surface area contributed by atoms with Crippen LogP contribution in [0, 0.1) is 24.7 Å². The fraction of sp³-hybridized carbons (Fsp3) is 0.652. The minimum absolute atomic E-state index is 0.678. The standard InChI is InChI=1S/C23H38/c1-7-8-9-18(2)10-13-20(4)21(5)14-15-22(6)23-16-11-19(3)12-17-23/h7,11-12,16-18,20-22H,1,8-10,13-15H2,2-6H3. The van der Waals surface area contributed by atoms with Crippen molar-refractivity contribution in [3.63, 3.8) is 0 Å². The monoisotopic (exact) mass is 314 g/mol. The number of aryl methyl sites for hydroxylation is 1. The molecule has 1 rings (SSSR count). The minimum Gasteiger partial charge on any atom is -0.103 e. The van der Waals surface area contributed by atoms with E-state index in [1.54, 1.807) is 0 Å². The van der Waals surface area contributed by atoms with Crippen molar-refractivity contribution >= 4 is 0 Å². The summed E-state index contributed by atoms with van der Waals surface area (Å²) in [6.07, 6.45) is 9.91. The molecule has 1 aromatic carbocycles. The maximum atomic E-state index is 3.83. The predicted molar refractivity (Wildman–Crippen MR) is 105 cm³/mol. The molecule has 0 saturated carbocycles. The Labute approximate surface area is 145 Å². The highest BCUT2D eigenvalue weighted by Gasteiger charge is 2.15. The molecule has 0 bridgehead atoms. The zero-order chi connectivity index (χ0) is 17.2. The Hall–Kier alpha value is -1.04. The number of rotatable bonds is 11. The maximum Gasteiger partial charge on any atom is -0.0190 e. The molecule has 1 aromatic rings. The fourth-order valence-corrected chi connectivity index (χ4v) is 3.24. The summed E-state index contributed by atoms with van der Waals surface area (Å²) in [5.74, 6) is 3.19. The fourth-order valence-electron chi connectivity index (χ4n) is 3.24. The van der Waals surface area contributed by atoms with Crippen LogP contribution in [0.1, 0.15) is 83.3 Å². The SMILES string of the molecule is C=CCCC(C)CCC(C)C(C)CCC(C)c1ccc(C)cc1. The Bertz CT molecular complexity index is 428. The summed E-state index contributed by atoms with van der Waals surface area (Å²) in [5.41, 5.74) is 2.85. The Morgan fingerprint density at radius 2 is 1.39 bits per heavy atom. The third-order valence-electron chi connectivity index (χ3n) is 5.65. The average Bonchev–Trinajstić information content (AvgIpc) is 2.55. The van der Waals surface area contributed by atoms with E-state index >= 15 is 0 Å². The van der Waals surface area contributed by atoms with E-state index in [1.807, 2.05) is 0 Å². The van der Waals surface area contributed by atoms with Gasteiger partial charge in [-0.15, -0.1) is 6.58 Å². The number of allylic oxidation sites excluding steroid dienone is 1. The highest BCUT2D eigenvalue weighted by atomic mass is 14.2. The molecule has 0 aliphatic rings. The Morgan fingerprint density at radius 3 is 1.96 bits per heavy atom. The predicted octanol–water partition coefficient (Wildman–Crippen LogP) is 7.53. The lowest BCUT2D eigenvalue weighted by atomic mass is 9.83. The quantitative estimate of drug-likeness (QED) is 0.370. The average molecular weight is 315 g/mol. The van der Waals surface area contributed by atoms with Crippen LogP contribution in [0.4, 0.5) is 0 Å². The van der Waals surface area contributed by atoms with Gasteiger partial charge in [0.05, 0.1) is 0 Å². The van der Waals surface area contributed by atoms with E-state index in [1.165, 1.54) is 49.7 Å². The molecule has 0 spiro atoms. The summed E-state index contributed by atoms with van der Waals surface area (Å²) in [4.78, 5) is 0. The van der Waals surface area contributed by atoms with Gasteiger partial charge in [0.25, 0.3) is 0 Å². The van der Waals surface area contributed by atoms with E-state index in [-0.39, 0.29) is 0 Å². The van der Waals surface area contributed by atoms with Gasteiger partial charge in [-0.05, 0) is 61.8 Å². The Balaban J connectivity index is 2.30. The van der Waals surface area contributed by atoms with Gasteiger partial charge < -0.3 is 0 Å². The van der Waals surface area contributed by atoms with Crippen LogP contribution in [0.25, 0.3) is 0 Å². The van der Waals surface area contributed by atoms with Crippen LogP contribution >= 0.6 is 0 Å². The second-order valence-electron chi connectivity index (χ2n) is 7.89. The summed E-state index contributed by atoms with van der Waals surface area (Å²) >= 11 is 0. The van der Waals surface area contributed by atoms with Gasteiger partial charge in [0, 0.05) is 0 Å². The topological polar surface area (TPSA) is 0 Å². The van der Waals surface area contributed by atoms with E-state index in [9.17, 15) is 0 Å². The molecule has 0 radical (unpaired) electrons. The smallest absolute Gasteiger partial charge is 0.0190 e. The summed E-state index contributed by atoms with van der Waals surface area (Å²) in [6.45, 7) is 15.6. The lowest BCUT2D eigenvalue weighted by Crippen LogP contribution is -2.11. The summed E-state index contributed by atoms with van der Waals surface area (Å²) in [7, 11) is 0. The molecule has 0 N–H and O–H groups in total. The molecule has 130 valence electrons. The van der Waals surface area contributed by atoms with Crippen LogP contribution in [0.5, 0.6) is 0 Å². The molecule has 0 heterocycles. The molecule has 4 unspecified atom stereocenters. The number of hydrogen-bond donors (Lipinski definition) is 0. The largest absolute Gasteiger partial charge is 0.103 e. The van der Waals surface area contributed by atoms with Crippen LogP contribution in [0.2, 0.25) is 0 Å². The molecular formula is C23H38. The van der Waals surface area contributed by atoms with Crippen LogP contribution < -0.4 is 0 Å². The summed E-state index contributed by atoms with van der Waals surface area (Å²) < 4.78 is 0. The number of hydrogen-bond acceptors (Lipinski definition) is 0. The zero-order valence-electron chi connectivity index (χ0n) is 16.1. The molecular weight excluding hydrogens is 276 g/mol. The van der Waals surface area contributed by atoms with Crippen LogP contribution in [0.15, 0.2) is 36.9 Å². The van der Waals surface area contributed by atoms with Crippen molar-refractivity contribution in [2.24, 2.45) is 17.8 Å². The highest BCUT2D eigenvalue weighted by Crippen LogP contribution is 2.29. The lowest BCUT2D eigenvalue weighted by molar-refractivity contribution is 0.302. The van der Waals surface area contributed by atoms with E-state index in [0.29, 0.717) is 5.92 Å². The second kappa shape index (κ2) is 10.7. The molecule has 0 aromatic heterocycles. The van der Waals surface area contributed by atoms with Crippen LogP contribution in [0.3, 0.4) is 0 Å². The highest BCUT2D eigenvalue weighted by molar-refractivity contribution is 5.23. The van der Waals surface area contributed by atoms with Crippen molar-refractivity contribution in [3.05, 3.63) is 48.0 Å². The van der Waals surface area contributed by atoms with E-state index in [4.69, 9.17) is 0 Å². The van der Waals surface area contributed by atoms with Gasteiger partial charge in [0.1, 0.15) is 0 Å². The maximum absolute atomic E-state index is 3.83. The van der Waals surface area contributed by atoms with Crippen molar-refractivity contribution in [3.8, 4) is 0 Å². The molecule has 0 aliphatic heterocycles. The van der Waals surface area contributed by atoms with Crippen molar-refractivity contribution in [1.82, 2.24) is 0 Å². The first-order valence-electron chi connectivity index (χ1n) is 9.61. The molecule has 0 aliphatic carbocycles. The van der Waals surface area contributed by atoms with Crippen molar-refractivity contribution in [2.75, 3.05) is 0 Å². The first-order valence-corrected chi connectivity index (χ1v) is 9.61. The van der Waals surface area contributed by atoms with Gasteiger partial charge in [-0.1, -0.05) is 76.4 Å². The lowest BCUT2D eigenvalue weighted by Gasteiger charge is -2.23. The summed E-state index contributed by atoms with van der Waals surface area (Å²) in [6, 6.07) is 9.08. The molecule has 0 amide bonds. The van der Waals surface area contributed by atoms with Crippen LogP contribution in [-0.4, -0.2) is 0 Å². The van der Waals surface area contributed by atoms with Gasteiger partial charge in [0.2, 0.25) is 0 Å². The van der Waals surface area contributed by atoms with Gasteiger partial charge in [-0.2, -0.15) is 0 Å². The molecule has 0 heteroatoms. The first-order chi connectivity index (χ1) is 10.9. The molecule has 4 atom stereocenters.